The molecule has 0 bridgehead atoms. The summed E-state index contributed by atoms with van der Waals surface area (Å²) in [6.45, 7) is 6.69. The van der Waals surface area contributed by atoms with E-state index in [1.54, 1.807) is 0 Å². The molecule has 4 aromatic heterocycles. The van der Waals surface area contributed by atoms with Gasteiger partial charge in [-0.05, 0) is 53.9 Å². The van der Waals surface area contributed by atoms with Crippen LogP contribution in [0.2, 0.25) is 0 Å². The lowest BCUT2D eigenvalue weighted by molar-refractivity contribution is -0.648. The van der Waals surface area contributed by atoms with Gasteiger partial charge in [0.1, 0.15) is 17.3 Å². The fourth-order valence-corrected chi connectivity index (χ4v) is 5.48. The normalized spacial score (nSPS) is 12.0. The van der Waals surface area contributed by atoms with Crippen LogP contribution in [-0.2, 0) is 12.5 Å². The number of fused-ring (bicyclic) bond motifs is 4. The van der Waals surface area contributed by atoms with Crippen molar-refractivity contribution in [2.24, 2.45) is 7.05 Å². The number of ether oxygens (including phenoxy) is 1. The molecule has 40 heavy (non-hydrogen) atoms. The maximum absolute atomic E-state index is 6.63. The van der Waals surface area contributed by atoms with Crippen LogP contribution >= 0.6 is 0 Å². The van der Waals surface area contributed by atoms with Gasteiger partial charge >= 0.3 is 0 Å². The number of pyridine rings is 2. The molecule has 196 valence electrons. The fraction of sp³-hybridized carbons (Fsp3) is 0.143. The second-order valence-corrected chi connectivity index (χ2v) is 11.3. The first-order chi connectivity index (χ1) is 19.4. The van der Waals surface area contributed by atoms with Gasteiger partial charge in [-0.15, -0.1) is 6.07 Å². The van der Waals surface area contributed by atoms with Crippen LogP contribution in [0.25, 0.3) is 44.5 Å². The molecule has 0 saturated heterocycles. The highest BCUT2D eigenvalue weighted by Crippen LogP contribution is 2.37. The first-order valence-electron chi connectivity index (χ1n) is 13.5. The van der Waals surface area contributed by atoms with Crippen molar-refractivity contribution >= 4 is 27.5 Å². The van der Waals surface area contributed by atoms with Crippen LogP contribution < -0.4 is 9.30 Å². The van der Waals surface area contributed by atoms with Gasteiger partial charge in [0, 0.05) is 23.0 Å². The Kier molecular flexibility index (Phi) is 5.49. The minimum Gasteiger partial charge on any atom is -0.458 e. The van der Waals surface area contributed by atoms with Crippen LogP contribution in [0.4, 0.5) is 0 Å². The summed E-state index contributed by atoms with van der Waals surface area (Å²) >= 11 is 0. The average molecular weight is 523 g/mol. The Hall–Kier alpha value is -4.90. The molecule has 0 unspecified atom stereocenters. The molecule has 0 aliphatic heterocycles. The topological polar surface area (TPSA) is 35.3 Å². The molecule has 0 aliphatic carbocycles. The zero-order chi connectivity index (χ0) is 27.4. The lowest BCUT2D eigenvalue weighted by atomic mass is 9.85. The van der Waals surface area contributed by atoms with E-state index in [1.165, 1.54) is 16.3 Å². The summed E-state index contributed by atoms with van der Waals surface area (Å²) in [6.07, 6.45) is 7.43. The number of hydrogen-bond donors (Lipinski definition) is 0. The van der Waals surface area contributed by atoms with E-state index in [-0.39, 0.29) is 5.41 Å². The number of para-hydroxylation sites is 1. The van der Waals surface area contributed by atoms with Gasteiger partial charge in [0.05, 0.1) is 36.2 Å². The predicted octanol–water partition coefficient (Wildman–Crippen LogP) is 7.81. The second-order valence-electron chi connectivity index (χ2n) is 11.3. The molecule has 0 fully saturated rings. The summed E-state index contributed by atoms with van der Waals surface area (Å²) in [5.41, 5.74) is 6.46. The van der Waals surface area contributed by atoms with Gasteiger partial charge in [-0.2, -0.15) is 0 Å². The Morgan fingerprint density at radius 2 is 1.57 bits per heavy atom. The Balaban J connectivity index is 1.38. The SMILES string of the molecule is C[n+]1[c-]c(-c2cc(Oc3ccc4c5ccccc5n(-c5ccccn5)c4c3)cc(C(C)(C)C)c2)n2ccccc21. The van der Waals surface area contributed by atoms with Gasteiger partial charge in [0.25, 0.3) is 0 Å². The van der Waals surface area contributed by atoms with Gasteiger partial charge in [-0.3, -0.25) is 8.97 Å². The summed E-state index contributed by atoms with van der Waals surface area (Å²) in [6, 6.07) is 33.5. The molecule has 0 atom stereocenters. The summed E-state index contributed by atoms with van der Waals surface area (Å²) in [7, 11) is 2.03. The first kappa shape index (κ1) is 24.2. The zero-order valence-corrected chi connectivity index (χ0v) is 23.1. The van der Waals surface area contributed by atoms with E-state index in [9.17, 15) is 0 Å². The van der Waals surface area contributed by atoms with Crippen LogP contribution in [0.3, 0.4) is 0 Å². The van der Waals surface area contributed by atoms with Crippen LogP contribution in [0.5, 0.6) is 11.5 Å². The van der Waals surface area contributed by atoms with Crippen molar-refractivity contribution in [1.29, 1.82) is 0 Å². The van der Waals surface area contributed by atoms with Crippen molar-refractivity contribution in [1.82, 2.24) is 14.0 Å². The maximum atomic E-state index is 6.63. The molecule has 5 nitrogen and oxygen atoms in total. The summed E-state index contributed by atoms with van der Waals surface area (Å²) in [4.78, 5) is 4.66. The Labute approximate surface area is 233 Å². The summed E-state index contributed by atoms with van der Waals surface area (Å²) < 4.78 is 13.0. The molecule has 0 N–H and O–H groups in total. The molecule has 0 amide bonds. The number of imidazole rings is 1. The number of nitrogens with zero attached hydrogens (tertiary/aromatic N) is 4. The Morgan fingerprint density at radius 3 is 2.40 bits per heavy atom. The molecule has 0 aliphatic rings. The highest BCUT2D eigenvalue weighted by molar-refractivity contribution is 6.09. The number of rotatable bonds is 4. The number of aryl methyl sites for hydroxylation is 1. The van der Waals surface area contributed by atoms with Gasteiger partial charge in [-0.1, -0.05) is 68.3 Å². The van der Waals surface area contributed by atoms with Gasteiger partial charge in [0.15, 0.2) is 5.65 Å². The molecule has 7 aromatic rings. The predicted molar refractivity (Wildman–Crippen MR) is 160 cm³/mol. The maximum Gasteiger partial charge on any atom is 0.188 e. The zero-order valence-electron chi connectivity index (χ0n) is 23.1. The number of hydrogen-bond acceptors (Lipinski definition) is 2. The van der Waals surface area contributed by atoms with E-state index >= 15 is 0 Å². The molecule has 4 heterocycles. The molecule has 7 rings (SSSR count). The van der Waals surface area contributed by atoms with Crippen molar-refractivity contribution < 1.29 is 9.30 Å². The summed E-state index contributed by atoms with van der Waals surface area (Å²) in [5.74, 6) is 2.45. The lowest BCUT2D eigenvalue weighted by Gasteiger charge is -2.22. The van der Waals surface area contributed by atoms with E-state index in [0.717, 1.165) is 45.3 Å². The highest BCUT2D eigenvalue weighted by Gasteiger charge is 2.18. The monoisotopic (exact) mass is 522 g/mol. The van der Waals surface area contributed by atoms with Crippen LogP contribution in [0.15, 0.2) is 109 Å². The van der Waals surface area contributed by atoms with E-state index in [4.69, 9.17) is 4.74 Å². The number of aromatic nitrogens is 4. The minimum atomic E-state index is -0.0568. The highest BCUT2D eigenvalue weighted by atomic mass is 16.5. The third-order valence-corrected chi connectivity index (χ3v) is 7.50. The Morgan fingerprint density at radius 1 is 0.775 bits per heavy atom. The van der Waals surface area contributed by atoms with Crippen LogP contribution in [0.1, 0.15) is 26.3 Å². The summed E-state index contributed by atoms with van der Waals surface area (Å²) in [5, 5.41) is 2.36. The van der Waals surface area contributed by atoms with Crippen LogP contribution in [0, 0.1) is 6.20 Å². The molecule has 0 spiro atoms. The third-order valence-electron chi connectivity index (χ3n) is 7.50. The van der Waals surface area contributed by atoms with Crippen molar-refractivity contribution in [3.63, 3.8) is 0 Å². The lowest BCUT2D eigenvalue weighted by Crippen LogP contribution is -2.25. The second kappa shape index (κ2) is 9.09. The van der Waals surface area contributed by atoms with Gasteiger partial charge < -0.3 is 9.30 Å². The average Bonchev–Trinajstić information content (AvgIpc) is 3.47. The van der Waals surface area contributed by atoms with E-state index in [1.807, 2.05) is 48.1 Å². The van der Waals surface area contributed by atoms with Crippen LogP contribution in [-0.4, -0.2) is 14.0 Å². The van der Waals surface area contributed by atoms with Gasteiger partial charge in [0.2, 0.25) is 0 Å². The molecule has 5 heteroatoms. The van der Waals surface area contributed by atoms with E-state index < -0.39 is 0 Å². The fourth-order valence-electron chi connectivity index (χ4n) is 5.48. The van der Waals surface area contributed by atoms with Crippen molar-refractivity contribution in [2.45, 2.75) is 26.2 Å². The van der Waals surface area contributed by atoms with Gasteiger partial charge in [-0.25, -0.2) is 4.98 Å². The molecular formula is C35H30N4O. The molecule has 3 aromatic carbocycles. The van der Waals surface area contributed by atoms with Crippen molar-refractivity contribution in [2.75, 3.05) is 0 Å². The van der Waals surface area contributed by atoms with E-state index in [2.05, 4.69) is 114 Å². The first-order valence-corrected chi connectivity index (χ1v) is 13.5. The van der Waals surface area contributed by atoms with Crippen molar-refractivity contribution in [3.8, 4) is 28.6 Å². The Bertz CT molecular complexity index is 2030. The quantitative estimate of drug-likeness (QED) is 0.175. The molecular weight excluding hydrogens is 492 g/mol. The molecule has 0 saturated carbocycles. The number of benzene rings is 3. The minimum absolute atomic E-state index is 0.0568. The standard InChI is InChI=1S/C35H30N4O/c1-35(2,3)25-19-24(32-23-37(4)34-14-8-10-18-38(32)34)20-27(21-25)40-26-15-16-29-28-11-5-6-12-30(28)39(31(29)22-26)33-13-7-9-17-36-33/h5-22H,1-4H3. The molecule has 0 radical (unpaired) electrons. The largest absolute Gasteiger partial charge is 0.458 e. The smallest absolute Gasteiger partial charge is 0.188 e. The van der Waals surface area contributed by atoms with Crippen molar-refractivity contribution in [3.05, 3.63) is 121 Å². The van der Waals surface area contributed by atoms with E-state index in [0.29, 0.717) is 0 Å². The third kappa shape index (κ3) is 4.02.